The fraction of sp³-hybridized carbons (Fsp3) is 0.250. The molecular weight excluding hydrogens is 284 g/mol. The number of nitrogens with zero attached hydrogens (tertiary/aromatic N) is 2. The Morgan fingerprint density at radius 2 is 2.04 bits per heavy atom. The molecule has 0 N–H and O–H groups in total. The summed E-state index contributed by atoms with van der Waals surface area (Å²) in [6, 6.07) is 16.1. The van der Waals surface area contributed by atoms with Crippen LogP contribution in [-0.2, 0) is 6.54 Å². The Bertz CT molecular complexity index is 857. The Balaban J connectivity index is 2.02. The van der Waals surface area contributed by atoms with E-state index in [0.717, 1.165) is 29.0 Å². The smallest absolute Gasteiger partial charge is 0.156 e. The van der Waals surface area contributed by atoms with Gasteiger partial charge in [-0.25, -0.2) is 4.98 Å². The van der Waals surface area contributed by atoms with Crippen molar-refractivity contribution in [3.8, 4) is 18.1 Å². The maximum Gasteiger partial charge on any atom is 0.156 e. The molecule has 1 atom stereocenters. The number of terminal acetylenes is 1. The number of imidazole rings is 1. The van der Waals surface area contributed by atoms with Gasteiger partial charge in [-0.15, -0.1) is 6.42 Å². The standard InChI is InChI=1S/C20H20N2O/c1-4-13-22-18-12-7-6-11-17(18)21-20(22)19(5-2)23-16-10-8-9-15(3)14-16/h1,6-12,14,19H,5,13H2,2-3H3/t19-/m1/s1. The highest BCUT2D eigenvalue weighted by molar-refractivity contribution is 5.76. The van der Waals surface area contributed by atoms with E-state index < -0.39 is 0 Å². The zero-order valence-electron chi connectivity index (χ0n) is 13.5. The van der Waals surface area contributed by atoms with Gasteiger partial charge in [-0.1, -0.05) is 37.1 Å². The van der Waals surface area contributed by atoms with Crippen molar-refractivity contribution in [1.29, 1.82) is 0 Å². The van der Waals surface area contributed by atoms with E-state index in [4.69, 9.17) is 16.1 Å². The highest BCUT2D eigenvalue weighted by Gasteiger charge is 2.20. The zero-order valence-corrected chi connectivity index (χ0v) is 13.5. The molecule has 2 aromatic carbocycles. The highest BCUT2D eigenvalue weighted by Crippen LogP contribution is 2.27. The molecule has 3 rings (SSSR count). The van der Waals surface area contributed by atoms with Crippen LogP contribution in [0.5, 0.6) is 5.75 Å². The predicted octanol–water partition coefficient (Wildman–Crippen LogP) is 4.51. The molecule has 3 aromatic rings. The van der Waals surface area contributed by atoms with Crippen LogP contribution < -0.4 is 4.74 Å². The SMILES string of the molecule is C#CCn1c([C@@H](CC)Oc2cccc(C)c2)nc2ccccc21. The van der Waals surface area contributed by atoms with Crippen LogP contribution in [0.25, 0.3) is 11.0 Å². The number of ether oxygens (including phenoxy) is 1. The topological polar surface area (TPSA) is 27.1 Å². The Morgan fingerprint density at radius 3 is 2.78 bits per heavy atom. The Labute approximate surface area is 136 Å². The van der Waals surface area contributed by atoms with Crippen LogP contribution in [-0.4, -0.2) is 9.55 Å². The summed E-state index contributed by atoms with van der Waals surface area (Å²) in [6.45, 7) is 4.64. The second kappa shape index (κ2) is 6.58. The third kappa shape index (κ3) is 3.07. The van der Waals surface area contributed by atoms with E-state index in [1.807, 2.05) is 42.5 Å². The molecule has 0 aliphatic carbocycles. The fourth-order valence-electron chi connectivity index (χ4n) is 2.77. The fourth-order valence-corrected chi connectivity index (χ4v) is 2.77. The number of hydrogen-bond donors (Lipinski definition) is 0. The first-order valence-corrected chi connectivity index (χ1v) is 7.85. The number of para-hydroxylation sites is 2. The van der Waals surface area contributed by atoms with Gasteiger partial charge in [-0.05, 0) is 43.2 Å². The van der Waals surface area contributed by atoms with E-state index in [9.17, 15) is 0 Å². The molecule has 0 saturated carbocycles. The van der Waals surface area contributed by atoms with Gasteiger partial charge >= 0.3 is 0 Å². The summed E-state index contributed by atoms with van der Waals surface area (Å²) < 4.78 is 8.26. The van der Waals surface area contributed by atoms with Crippen molar-refractivity contribution in [3.63, 3.8) is 0 Å². The van der Waals surface area contributed by atoms with Gasteiger partial charge in [-0.3, -0.25) is 0 Å². The molecule has 3 heteroatoms. The van der Waals surface area contributed by atoms with Crippen LogP contribution in [0, 0.1) is 19.3 Å². The molecule has 0 amide bonds. The van der Waals surface area contributed by atoms with Gasteiger partial charge in [0.15, 0.2) is 11.9 Å². The summed E-state index contributed by atoms with van der Waals surface area (Å²) in [5.41, 5.74) is 3.17. The van der Waals surface area contributed by atoms with Crippen LogP contribution >= 0.6 is 0 Å². The van der Waals surface area contributed by atoms with Gasteiger partial charge in [0.05, 0.1) is 17.6 Å². The molecule has 0 fully saturated rings. The van der Waals surface area contributed by atoms with Gasteiger partial charge in [0, 0.05) is 0 Å². The lowest BCUT2D eigenvalue weighted by Crippen LogP contribution is -2.14. The second-order valence-corrected chi connectivity index (χ2v) is 5.58. The first-order valence-electron chi connectivity index (χ1n) is 7.85. The molecule has 1 heterocycles. The van der Waals surface area contributed by atoms with E-state index in [2.05, 4.69) is 30.4 Å². The quantitative estimate of drug-likeness (QED) is 0.649. The number of aromatic nitrogens is 2. The summed E-state index contributed by atoms with van der Waals surface area (Å²) in [5, 5.41) is 0. The molecule has 0 radical (unpaired) electrons. The molecular formula is C20H20N2O. The van der Waals surface area contributed by atoms with Gasteiger partial charge in [0.25, 0.3) is 0 Å². The highest BCUT2D eigenvalue weighted by atomic mass is 16.5. The summed E-state index contributed by atoms with van der Waals surface area (Å²) >= 11 is 0. The molecule has 116 valence electrons. The second-order valence-electron chi connectivity index (χ2n) is 5.58. The molecule has 0 saturated heterocycles. The summed E-state index contributed by atoms with van der Waals surface area (Å²) in [7, 11) is 0. The molecule has 23 heavy (non-hydrogen) atoms. The van der Waals surface area contributed by atoms with Crippen LogP contribution in [0.15, 0.2) is 48.5 Å². The normalized spacial score (nSPS) is 12.0. The Kier molecular flexibility index (Phi) is 4.34. The van der Waals surface area contributed by atoms with Gasteiger partial charge in [0.2, 0.25) is 0 Å². The van der Waals surface area contributed by atoms with Crippen LogP contribution in [0.4, 0.5) is 0 Å². The van der Waals surface area contributed by atoms with E-state index >= 15 is 0 Å². The third-order valence-corrected chi connectivity index (χ3v) is 3.86. The molecule has 0 aliphatic rings. The van der Waals surface area contributed by atoms with Crippen LogP contribution in [0.2, 0.25) is 0 Å². The van der Waals surface area contributed by atoms with E-state index in [1.165, 1.54) is 5.56 Å². The summed E-state index contributed by atoms with van der Waals surface area (Å²) in [4.78, 5) is 4.76. The van der Waals surface area contributed by atoms with Crippen molar-refractivity contribution in [3.05, 3.63) is 59.9 Å². The van der Waals surface area contributed by atoms with Crippen molar-refractivity contribution >= 4 is 11.0 Å². The molecule has 0 aliphatic heterocycles. The zero-order chi connectivity index (χ0) is 16.2. The Morgan fingerprint density at radius 1 is 1.22 bits per heavy atom. The van der Waals surface area contributed by atoms with Crippen molar-refractivity contribution in [2.24, 2.45) is 0 Å². The molecule has 0 spiro atoms. The summed E-state index contributed by atoms with van der Waals surface area (Å²) in [5.74, 6) is 4.46. The van der Waals surface area contributed by atoms with Crippen molar-refractivity contribution in [2.45, 2.75) is 32.9 Å². The number of rotatable bonds is 5. The molecule has 0 unspecified atom stereocenters. The first-order chi connectivity index (χ1) is 11.2. The van der Waals surface area contributed by atoms with E-state index in [0.29, 0.717) is 6.54 Å². The minimum atomic E-state index is -0.127. The minimum absolute atomic E-state index is 0.127. The minimum Gasteiger partial charge on any atom is -0.483 e. The van der Waals surface area contributed by atoms with Gasteiger partial charge < -0.3 is 9.30 Å². The van der Waals surface area contributed by atoms with Crippen molar-refractivity contribution < 1.29 is 4.74 Å². The van der Waals surface area contributed by atoms with Crippen molar-refractivity contribution in [2.75, 3.05) is 0 Å². The predicted molar refractivity (Wildman–Crippen MR) is 93.4 cm³/mol. The van der Waals surface area contributed by atoms with Gasteiger partial charge in [0.1, 0.15) is 5.75 Å². The van der Waals surface area contributed by atoms with Crippen molar-refractivity contribution in [1.82, 2.24) is 9.55 Å². The third-order valence-electron chi connectivity index (χ3n) is 3.86. The summed E-state index contributed by atoms with van der Waals surface area (Å²) in [6.07, 6.45) is 6.25. The molecule has 3 nitrogen and oxygen atoms in total. The lowest BCUT2D eigenvalue weighted by molar-refractivity contribution is 0.187. The molecule has 1 aromatic heterocycles. The number of aryl methyl sites for hydroxylation is 1. The average Bonchev–Trinajstić information content (AvgIpc) is 2.92. The lowest BCUT2D eigenvalue weighted by Gasteiger charge is -2.18. The van der Waals surface area contributed by atoms with Gasteiger partial charge in [-0.2, -0.15) is 0 Å². The average molecular weight is 304 g/mol. The monoisotopic (exact) mass is 304 g/mol. The number of hydrogen-bond acceptors (Lipinski definition) is 2. The molecule has 0 bridgehead atoms. The van der Waals surface area contributed by atoms with Crippen LogP contribution in [0.1, 0.15) is 30.8 Å². The van der Waals surface area contributed by atoms with Crippen LogP contribution in [0.3, 0.4) is 0 Å². The first kappa shape index (κ1) is 15.2. The maximum absolute atomic E-state index is 6.20. The number of benzene rings is 2. The van der Waals surface area contributed by atoms with E-state index in [1.54, 1.807) is 0 Å². The largest absolute Gasteiger partial charge is 0.483 e. The maximum atomic E-state index is 6.20. The van der Waals surface area contributed by atoms with E-state index in [-0.39, 0.29) is 6.10 Å². The Hall–Kier alpha value is -2.73. The number of fused-ring (bicyclic) bond motifs is 1. The lowest BCUT2D eigenvalue weighted by atomic mass is 10.2.